The number of pyridine rings is 1. The Hall–Kier alpha value is -1.79. The number of rotatable bonds is 4. The van der Waals surface area contributed by atoms with Crippen LogP contribution in [0, 0.1) is 5.82 Å². The van der Waals surface area contributed by atoms with Gasteiger partial charge in [0.15, 0.2) is 11.6 Å². The Kier molecular flexibility index (Phi) is 4.30. The van der Waals surface area contributed by atoms with Crippen LogP contribution in [0.4, 0.5) is 19.0 Å². The van der Waals surface area contributed by atoms with Gasteiger partial charge < -0.3 is 10.5 Å². The van der Waals surface area contributed by atoms with Gasteiger partial charge in [-0.3, -0.25) is 4.79 Å². The maximum atomic E-state index is 13.4. The molecular formula is C10H11F3N2O2. The standard InChI is InChI=1S/C10H11F3N2O2/c1-2-17-7(16)4-5-3-6(9(12)13)15-10(14)8(5)11/h3,9H,2,4H2,1H3,(H2,14,15). The lowest BCUT2D eigenvalue weighted by atomic mass is 10.1. The Morgan fingerprint density at radius 1 is 1.59 bits per heavy atom. The van der Waals surface area contributed by atoms with E-state index in [1.165, 1.54) is 0 Å². The van der Waals surface area contributed by atoms with Crippen LogP contribution in [0.25, 0.3) is 0 Å². The number of nitrogens with zero attached hydrogens (tertiary/aromatic N) is 1. The first-order chi connectivity index (χ1) is 7.95. The molecule has 17 heavy (non-hydrogen) atoms. The van der Waals surface area contributed by atoms with Gasteiger partial charge in [-0.15, -0.1) is 0 Å². The second-order valence-electron chi connectivity index (χ2n) is 3.19. The van der Waals surface area contributed by atoms with Crippen molar-refractivity contribution >= 4 is 11.8 Å². The van der Waals surface area contributed by atoms with Crippen LogP contribution in [-0.4, -0.2) is 17.6 Å². The van der Waals surface area contributed by atoms with E-state index in [-0.39, 0.29) is 12.2 Å². The summed E-state index contributed by atoms with van der Waals surface area (Å²) in [5.74, 6) is -2.33. The van der Waals surface area contributed by atoms with Crippen LogP contribution in [0.5, 0.6) is 0 Å². The molecule has 0 unspecified atom stereocenters. The number of nitrogen functional groups attached to an aromatic ring is 1. The maximum Gasteiger partial charge on any atom is 0.310 e. The number of hydrogen-bond acceptors (Lipinski definition) is 4. The summed E-state index contributed by atoms with van der Waals surface area (Å²) in [6.07, 6.45) is -3.33. The van der Waals surface area contributed by atoms with E-state index < -0.39 is 36.1 Å². The number of nitrogens with two attached hydrogens (primary N) is 1. The van der Waals surface area contributed by atoms with Gasteiger partial charge in [-0.1, -0.05) is 0 Å². The topological polar surface area (TPSA) is 65.2 Å². The van der Waals surface area contributed by atoms with Crippen molar-refractivity contribution in [3.05, 3.63) is 23.1 Å². The summed E-state index contributed by atoms with van der Waals surface area (Å²) in [7, 11) is 0. The number of anilines is 1. The first-order valence-corrected chi connectivity index (χ1v) is 4.84. The van der Waals surface area contributed by atoms with Crippen molar-refractivity contribution < 1.29 is 22.7 Å². The second kappa shape index (κ2) is 5.51. The molecule has 0 aromatic carbocycles. The molecule has 0 aliphatic carbocycles. The number of carbonyl (C=O) groups is 1. The fourth-order valence-electron chi connectivity index (χ4n) is 1.23. The summed E-state index contributed by atoms with van der Waals surface area (Å²) in [4.78, 5) is 14.3. The minimum Gasteiger partial charge on any atom is -0.466 e. The SMILES string of the molecule is CCOC(=O)Cc1cc(C(F)F)nc(N)c1F. The number of ether oxygens (including phenoxy) is 1. The van der Waals surface area contributed by atoms with Crippen molar-refractivity contribution in [2.45, 2.75) is 19.8 Å². The number of hydrogen-bond donors (Lipinski definition) is 1. The van der Waals surface area contributed by atoms with E-state index in [4.69, 9.17) is 5.73 Å². The zero-order chi connectivity index (χ0) is 13.0. The van der Waals surface area contributed by atoms with E-state index in [1.807, 2.05) is 0 Å². The minimum atomic E-state index is -2.88. The molecule has 0 aliphatic rings. The number of esters is 1. The van der Waals surface area contributed by atoms with E-state index in [9.17, 15) is 18.0 Å². The normalized spacial score (nSPS) is 10.6. The predicted molar refractivity (Wildman–Crippen MR) is 53.9 cm³/mol. The van der Waals surface area contributed by atoms with Gasteiger partial charge >= 0.3 is 5.97 Å². The van der Waals surface area contributed by atoms with E-state index >= 15 is 0 Å². The van der Waals surface area contributed by atoms with Crippen LogP contribution in [0.2, 0.25) is 0 Å². The highest BCUT2D eigenvalue weighted by molar-refractivity contribution is 5.73. The highest BCUT2D eigenvalue weighted by Gasteiger charge is 2.18. The molecule has 4 nitrogen and oxygen atoms in total. The van der Waals surface area contributed by atoms with Crippen LogP contribution in [0.15, 0.2) is 6.07 Å². The minimum absolute atomic E-state index is 0.128. The highest BCUT2D eigenvalue weighted by atomic mass is 19.3. The van der Waals surface area contributed by atoms with Crippen molar-refractivity contribution in [1.29, 1.82) is 0 Å². The molecule has 1 aromatic heterocycles. The first-order valence-electron chi connectivity index (χ1n) is 4.84. The Labute approximate surface area is 95.6 Å². The average molecular weight is 248 g/mol. The molecule has 0 fully saturated rings. The van der Waals surface area contributed by atoms with Crippen LogP contribution in [0.1, 0.15) is 24.6 Å². The van der Waals surface area contributed by atoms with Crippen molar-refractivity contribution in [3.63, 3.8) is 0 Å². The van der Waals surface area contributed by atoms with E-state index in [1.54, 1.807) is 6.92 Å². The molecule has 0 radical (unpaired) electrons. The number of halogens is 3. The van der Waals surface area contributed by atoms with Gasteiger partial charge in [0.1, 0.15) is 5.69 Å². The molecule has 0 bridgehead atoms. The summed E-state index contributed by atoms with van der Waals surface area (Å²) >= 11 is 0. The molecular weight excluding hydrogens is 237 g/mol. The zero-order valence-electron chi connectivity index (χ0n) is 9.04. The summed E-state index contributed by atoms with van der Waals surface area (Å²) in [6, 6.07) is 0.813. The largest absolute Gasteiger partial charge is 0.466 e. The fraction of sp³-hybridized carbons (Fsp3) is 0.400. The van der Waals surface area contributed by atoms with E-state index in [0.29, 0.717) is 0 Å². The number of aromatic nitrogens is 1. The third-order valence-corrected chi connectivity index (χ3v) is 1.94. The molecule has 94 valence electrons. The number of alkyl halides is 2. The lowest BCUT2D eigenvalue weighted by molar-refractivity contribution is -0.142. The molecule has 0 saturated heterocycles. The molecule has 1 rings (SSSR count). The molecule has 0 atom stereocenters. The van der Waals surface area contributed by atoms with Gasteiger partial charge in [-0.05, 0) is 13.0 Å². The molecule has 0 aliphatic heterocycles. The van der Waals surface area contributed by atoms with Gasteiger partial charge in [0, 0.05) is 5.56 Å². The van der Waals surface area contributed by atoms with Gasteiger partial charge in [-0.25, -0.2) is 18.2 Å². The summed E-state index contributed by atoms with van der Waals surface area (Å²) < 4.78 is 42.8. The van der Waals surface area contributed by atoms with Crippen molar-refractivity contribution in [2.75, 3.05) is 12.3 Å². The lowest BCUT2D eigenvalue weighted by Crippen LogP contribution is -2.11. The summed E-state index contributed by atoms with van der Waals surface area (Å²) in [5, 5.41) is 0. The van der Waals surface area contributed by atoms with Crippen LogP contribution < -0.4 is 5.73 Å². The fourth-order valence-corrected chi connectivity index (χ4v) is 1.23. The molecule has 0 amide bonds. The Morgan fingerprint density at radius 2 is 2.24 bits per heavy atom. The summed E-state index contributed by atoms with van der Waals surface area (Å²) in [5.41, 5.74) is 4.23. The van der Waals surface area contributed by atoms with Crippen molar-refractivity contribution in [1.82, 2.24) is 4.98 Å². The molecule has 0 spiro atoms. The van der Waals surface area contributed by atoms with Crippen LogP contribution >= 0.6 is 0 Å². The van der Waals surface area contributed by atoms with Crippen molar-refractivity contribution in [2.24, 2.45) is 0 Å². The molecule has 0 saturated carbocycles. The zero-order valence-corrected chi connectivity index (χ0v) is 9.04. The van der Waals surface area contributed by atoms with Crippen LogP contribution in [-0.2, 0) is 16.0 Å². The van der Waals surface area contributed by atoms with E-state index in [0.717, 1.165) is 6.07 Å². The van der Waals surface area contributed by atoms with Gasteiger partial charge in [0.05, 0.1) is 13.0 Å². The Morgan fingerprint density at radius 3 is 2.76 bits per heavy atom. The first kappa shape index (κ1) is 13.3. The quantitative estimate of drug-likeness (QED) is 0.826. The molecule has 7 heteroatoms. The average Bonchev–Trinajstić information content (AvgIpc) is 2.24. The monoisotopic (exact) mass is 248 g/mol. The maximum absolute atomic E-state index is 13.4. The Bertz CT molecular complexity index is 424. The lowest BCUT2D eigenvalue weighted by Gasteiger charge is -2.07. The Balaban J connectivity index is 3.01. The summed E-state index contributed by atoms with van der Waals surface area (Å²) in [6.45, 7) is 1.71. The molecule has 1 aromatic rings. The molecule has 2 N–H and O–H groups in total. The van der Waals surface area contributed by atoms with Gasteiger partial charge in [0.25, 0.3) is 6.43 Å². The number of carbonyl (C=O) groups excluding carboxylic acids is 1. The predicted octanol–water partition coefficient (Wildman–Crippen LogP) is 1.85. The van der Waals surface area contributed by atoms with E-state index in [2.05, 4.69) is 9.72 Å². The third kappa shape index (κ3) is 3.33. The molecule has 1 heterocycles. The third-order valence-electron chi connectivity index (χ3n) is 1.94. The van der Waals surface area contributed by atoms with Crippen molar-refractivity contribution in [3.8, 4) is 0 Å². The van der Waals surface area contributed by atoms with Gasteiger partial charge in [0.2, 0.25) is 0 Å². The second-order valence-corrected chi connectivity index (χ2v) is 3.19. The van der Waals surface area contributed by atoms with Gasteiger partial charge in [-0.2, -0.15) is 0 Å². The highest BCUT2D eigenvalue weighted by Crippen LogP contribution is 2.22. The van der Waals surface area contributed by atoms with Crippen LogP contribution in [0.3, 0.4) is 0 Å². The smallest absolute Gasteiger partial charge is 0.310 e.